The van der Waals surface area contributed by atoms with E-state index in [1.54, 1.807) is 6.07 Å². The maximum Gasteiger partial charge on any atom is 0.261 e. The molecule has 0 saturated heterocycles. The molecule has 0 aliphatic carbocycles. The third kappa shape index (κ3) is 5.98. The van der Waals surface area contributed by atoms with Gasteiger partial charge in [-0.05, 0) is 25.5 Å². The van der Waals surface area contributed by atoms with E-state index >= 15 is 0 Å². The summed E-state index contributed by atoms with van der Waals surface area (Å²) in [5.41, 5.74) is 0.944. The zero-order valence-corrected chi connectivity index (χ0v) is 13.1. The Morgan fingerprint density at radius 3 is 2.81 bits per heavy atom. The lowest BCUT2D eigenvalue weighted by Gasteiger charge is -2.03. The SMILES string of the molecule is CCNC(=O)CCNC(=O)c1cc(C)c(C#CCCO)s1. The van der Waals surface area contributed by atoms with Crippen LogP contribution in [-0.2, 0) is 4.79 Å². The Balaban J connectivity index is 2.54. The third-order valence-corrected chi connectivity index (χ3v) is 3.74. The van der Waals surface area contributed by atoms with Crippen molar-refractivity contribution in [2.45, 2.75) is 26.7 Å². The molecular weight excluding hydrogens is 288 g/mol. The van der Waals surface area contributed by atoms with Crippen molar-refractivity contribution in [1.82, 2.24) is 10.6 Å². The van der Waals surface area contributed by atoms with Gasteiger partial charge in [0, 0.05) is 25.9 Å². The lowest BCUT2D eigenvalue weighted by atomic mass is 10.2. The summed E-state index contributed by atoms with van der Waals surface area (Å²) in [5.74, 6) is 5.52. The van der Waals surface area contributed by atoms with Gasteiger partial charge in [-0.2, -0.15) is 0 Å². The Kier molecular flexibility index (Phi) is 7.51. The molecule has 0 spiro atoms. The van der Waals surface area contributed by atoms with Gasteiger partial charge in [0.1, 0.15) is 0 Å². The van der Waals surface area contributed by atoms with Crippen LogP contribution in [0.25, 0.3) is 0 Å². The highest BCUT2D eigenvalue weighted by Gasteiger charge is 2.11. The van der Waals surface area contributed by atoms with Crippen LogP contribution in [0.5, 0.6) is 0 Å². The fraction of sp³-hybridized carbons (Fsp3) is 0.467. The first kappa shape index (κ1) is 17.2. The number of carbonyl (C=O) groups excluding carboxylic acids is 2. The molecule has 3 N–H and O–H groups in total. The van der Waals surface area contributed by atoms with Gasteiger partial charge in [-0.15, -0.1) is 11.3 Å². The molecule has 114 valence electrons. The third-order valence-electron chi connectivity index (χ3n) is 2.59. The van der Waals surface area contributed by atoms with Gasteiger partial charge >= 0.3 is 0 Å². The fourth-order valence-corrected chi connectivity index (χ4v) is 2.54. The number of rotatable bonds is 6. The van der Waals surface area contributed by atoms with Gasteiger partial charge in [-0.25, -0.2) is 0 Å². The molecule has 0 unspecified atom stereocenters. The van der Waals surface area contributed by atoms with Gasteiger partial charge < -0.3 is 15.7 Å². The number of aliphatic hydroxyl groups excluding tert-OH is 1. The second kappa shape index (κ2) is 9.16. The topological polar surface area (TPSA) is 78.4 Å². The van der Waals surface area contributed by atoms with E-state index in [4.69, 9.17) is 5.11 Å². The van der Waals surface area contributed by atoms with E-state index in [2.05, 4.69) is 22.5 Å². The second-order valence-corrected chi connectivity index (χ2v) is 5.41. The summed E-state index contributed by atoms with van der Waals surface area (Å²) in [6.45, 7) is 4.68. The summed E-state index contributed by atoms with van der Waals surface area (Å²) in [6.07, 6.45) is 0.693. The van der Waals surface area contributed by atoms with Crippen molar-refractivity contribution in [1.29, 1.82) is 0 Å². The summed E-state index contributed by atoms with van der Waals surface area (Å²) < 4.78 is 0. The van der Waals surface area contributed by atoms with Gasteiger partial charge in [0.05, 0.1) is 16.4 Å². The number of hydrogen-bond donors (Lipinski definition) is 3. The molecule has 0 aliphatic heterocycles. The Bertz CT molecular complexity index is 555. The van der Waals surface area contributed by atoms with Crippen LogP contribution in [-0.4, -0.2) is 36.6 Å². The molecule has 6 heteroatoms. The van der Waals surface area contributed by atoms with Crippen molar-refractivity contribution in [3.05, 3.63) is 21.4 Å². The minimum absolute atomic E-state index is 0.0323. The normalized spacial score (nSPS) is 9.67. The summed E-state index contributed by atoms with van der Waals surface area (Å²) in [4.78, 5) is 24.6. The molecule has 0 aromatic carbocycles. The van der Waals surface area contributed by atoms with E-state index in [-0.39, 0.29) is 24.8 Å². The van der Waals surface area contributed by atoms with Crippen LogP contribution in [0.2, 0.25) is 0 Å². The number of aryl methyl sites for hydroxylation is 1. The van der Waals surface area contributed by atoms with Crippen molar-refractivity contribution in [3.8, 4) is 11.8 Å². The first-order chi connectivity index (χ1) is 10.1. The Hall–Kier alpha value is -1.84. The molecule has 2 amide bonds. The van der Waals surface area contributed by atoms with E-state index in [9.17, 15) is 9.59 Å². The van der Waals surface area contributed by atoms with Crippen molar-refractivity contribution < 1.29 is 14.7 Å². The molecule has 0 saturated carbocycles. The Morgan fingerprint density at radius 2 is 2.14 bits per heavy atom. The molecular formula is C15H20N2O3S. The number of aliphatic hydroxyl groups is 1. The van der Waals surface area contributed by atoms with E-state index in [0.717, 1.165) is 10.4 Å². The molecule has 0 aliphatic rings. The second-order valence-electron chi connectivity index (χ2n) is 4.36. The average molecular weight is 308 g/mol. The highest BCUT2D eigenvalue weighted by atomic mass is 32.1. The summed E-state index contributed by atoms with van der Waals surface area (Å²) in [6, 6.07) is 1.79. The van der Waals surface area contributed by atoms with Crippen molar-refractivity contribution in [3.63, 3.8) is 0 Å². The van der Waals surface area contributed by atoms with Gasteiger partial charge in [0.25, 0.3) is 5.91 Å². The van der Waals surface area contributed by atoms with Crippen LogP contribution >= 0.6 is 11.3 Å². The molecule has 1 aromatic heterocycles. The van der Waals surface area contributed by atoms with E-state index < -0.39 is 0 Å². The first-order valence-electron chi connectivity index (χ1n) is 6.83. The minimum Gasteiger partial charge on any atom is -0.395 e. The molecule has 0 atom stereocenters. The van der Waals surface area contributed by atoms with Crippen LogP contribution in [0.4, 0.5) is 0 Å². The summed E-state index contributed by atoms with van der Waals surface area (Å²) in [5, 5.41) is 14.1. The maximum absolute atomic E-state index is 12.0. The number of hydrogen-bond acceptors (Lipinski definition) is 4. The molecule has 21 heavy (non-hydrogen) atoms. The average Bonchev–Trinajstić information content (AvgIpc) is 2.81. The Morgan fingerprint density at radius 1 is 1.38 bits per heavy atom. The highest BCUT2D eigenvalue weighted by molar-refractivity contribution is 7.14. The summed E-state index contributed by atoms with van der Waals surface area (Å²) >= 11 is 1.32. The molecule has 0 fully saturated rings. The minimum atomic E-state index is -0.192. The zero-order chi connectivity index (χ0) is 15.7. The van der Waals surface area contributed by atoms with E-state index in [0.29, 0.717) is 24.4 Å². The fourth-order valence-electron chi connectivity index (χ4n) is 1.58. The highest BCUT2D eigenvalue weighted by Crippen LogP contribution is 2.20. The van der Waals surface area contributed by atoms with Crippen molar-refractivity contribution >= 4 is 23.2 Å². The van der Waals surface area contributed by atoms with E-state index in [1.165, 1.54) is 11.3 Å². The molecule has 0 radical (unpaired) electrons. The van der Waals surface area contributed by atoms with Crippen LogP contribution in [0, 0.1) is 18.8 Å². The van der Waals surface area contributed by atoms with Crippen LogP contribution in [0.3, 0.4) is 0 Å². The lowest BCUT2D eigenvalue weighted by Crippen LogP contribution is -2.30. The predicted molar refractivity (Wildman–Crippen MR) is 83.3 cm³/mol. The van der Waals surface area contributed by atoms with Crippen LogP contribution in [0.1, 0.15) is 39.9 Å². The number of amides is 2. The standard InChI is InChI=1S/C15H20N2O3S/c1-3-16-14(19)7-8-17-15(20)13-10-11(2)12(21-13)6-4-5-9-18/h10,18H,3,5,7-9H2,1-2H3,(H,16,19)(H,17,20). The summed E-state index contributed by atoms with van der Waals surface area (Å²) in [7, 11) is 0. The largest absolute Gasteiger partial charge is 0.395 e. The molecule has 0 bridgehead atoms. The smallest absolute Gasteiger partial charge is 0.261 e. The van der Waals surface area contributed by atoms with Crippen molar-refractivity contribution in [2.24, 2.45) is 0 Å². The maximum atomic E-state index is 12.0. The number of nitrogens with one attached hydrogen (secondary N) is 2. The van der Waals surface area contributed by atoms with Crippen LogP contribution < -0.4 is 10.6 Å². The predicted octanol–water partition coefficient (Wildman–Crippen LogP) is 1.05. The monoisotopic (exact) mass is 308 g/mol. The molecule has 1 aromatic rings. The van der Waals surface area contributed by atoms with Gasteiger partial charge in [-0.3, -0.25) is 9.59 Å². The van der Waals surface area contributed by atoms with Gasteiger partial charge in [0.15, 0.2) is 0 Å². The first-order valence-corrected chi connectivity index (χ1v) is 7.65. The van der Waals surface area contributed by atoms with Crippen LogP contribution in [0.15, 0.2) is 6.07 Å². The Labute approximate surface area is 128 Å². The zero-order valence-electron chi connectivity index (χ0n) is 12.3. The number of thiophene rings is 1. The lowest BCUT2D eigenvalue weighted by molar-refractivity contribution is -0.120. The molecule has 1 rings (SSSR count). The van der Waals surface area contributed by atoms with Gasteiger partial charge in [-0.1, -0.05) is 11.8 Å². The molecule has 1 heterocycles. The number of carbonyl (C=O) groups is 2. The molecule has 5 nitrogen and oxygen atoms in total. The quantitative estimate of drug-likeness (QED) is 0.687. The van der Waals surface area contributed by atoms with E-state index in [1.807, 2.05) is 13.8 Å². The van der Waals surface area contributed by atoms with Crippen molar-refractivity contribution in [2.75, 3.05) is 19.7 Å². The van der Waals surface area contributed by atoms with Gasteiger partial charge in [0.2, 0.25) is 5.91 Å².